The van der Waals surface area contributed by atoms with Crippen molar-refractivity contribution in [2.75, 3.05) is 13.2 Å². The maximum absolute atomic E-state index is 14.2. The molecule has 0 bridgehead atoms. The number of benzene rings is 2. The molecular formula is C26H22ClF3N3O4Si+. The van der Waals surface area contributed by atoms with Crippen molar-refractivity contribution in [3.63, 3.8) is 0 Å². The third-order valence-electron chi connectivity index (χ3n) is 5.69. The predicted molar refractivity (Wildman–Crippen MR) is 137 cm³/mol. The van der Waals surface area contributed by atoms with Gasteiger partial charge in [-0.25, -0.2) is 18.9 Å². The number of aromatic nitrogens is 3. The van der Waals surface area contributed by atoms with Gasteiger partial charge < -0.3 is 9.84 Å². The third kappa shape index (κ3) is 6.24. The molecule has 1 atom stereocenters. The van der Waals surface area contributed by atoms with Crippen LogP contribution >= 0.6 is 11.6 Å². The second-order valence-electron chi connectivity index (χ2n) is 8.61. The molecule has 4 aromatic rings. The van der Waals surface area contributed by atoms with Gasteiger partial charge in [0, 0.05) is 12.3 Å². The molecule has 38 heavy (non-hydrogen) atoms. The number of pyridine rings is 1. The van der Waals surface area contributed by atoms with E-state index in [4.69, 9.17) is 25.9 Å². The van der Waals surface area contributed by atoms with E-state index in [0.717, 1.165) is 17.3 Å². The molecule has 7 nitrogen and oxygen atoms in total. The summed E-state index contributed by atoms with van der Waals surface area (Å²) in [5.41, 5.74) is -2.52. The topological polar surface area (TPSA) is 86.5 Å². The number of hydrogen-bond acceptors (Lipinski definition) is 5. The molecule has 0 amide bonds. The maximum Gasteiger partial charge on any atom is 0.551 e. The van der Waals surface area contributed by atoms with Crippen LogP contribution < -0.4 is 15.1 Å². The minimum absolute atomic E-state index is 0.0719. The number of rotatable bonds is 10. The SMILES string of the molecule is CC(COc1ccn(-c2ccc(C(=O)O)c(Cl)n2)n1)(CO[Si+](c1ccccc1)c1ccccc1)C(F)(F)F. The predicted octanol–water partition coefficient (Wildman–Crippen LogP) is 4.39. The van der Waals surface area contributed by atoms with Crippen LogP contribution in [-0.2, 0) is 4.43 Å². The summed E-state index contributed by atoms with van der Waals surface area (Å²) in [4.78, 5) is 15.1. The van der Waals surface area contributed by atoms with Crippen LogP contribution in [0.1, 0.15) is 17.3 Å². The lowest BCUT2D eigenvalue weighted by Crippen LogP contribution is -2.51. The number of nitrogens with zero attached hydrogens (tertiary/aromatic N) is 3. The highest BCUT2D eigenvalue weighted by Crippen LogP contribution is 2.39. The number of hydrogen-bond donors (Lipinski definition) is 1. The molecule has 0 spiro atoms. The summed E-state index contributed by atoms with van der Waals surface area (Å²) >= 11 is 5.90. The molecule has 1 N–H and O–H groups in total. The van der Waals surface area contributed by atoms with Gasteiger partial charge >= 0.3 is 21.2 Å². The zero-order chi connectivity index (χ0) is 27.3. The summed E-state index contributed by atoms with van der Waals surface area (Å²) in [6, 6.07) is 22.4. The smallest absolute Gasteiger partial charge is 0.478 e. The number of ether oxygens (including phenoxy) is 1. The van der Waals surface area contributed by atoms with E-state index < -0.39 is 39.8 Å². The molecule has 0 radical (unpaired) electrons. The van der Waals surface area contributed by atoms with Crippen LogP contribution in [0.2, 0.25) is 5.15 Å². The third-order valence-corrected chi connectivity index (χ3v) is 8.13. The number of alkyl halides is 3. The van der Waals surface area contributed by atoms with E-state index in [1.165, 1.54) is 29.1 Å². The van der Waals surface area contributed by atoms with Gasteiger partial charge in [-0.1, -0.05) is 48.0 Å². The lowest BCUT2D eigenvalue weighted by atomic mass is 9.92. The van der Waals surface area contributed by atoms with Gasteiger partial charge in [-0.15, -0.1) is 5.10 Å². The molecule has 12 heteroatoms. The Balaban J connectivity index is 1.50. The minimum atomic E-state index is -4.63. The molecule has 1 unspecified atom stereocenters. The lowest BCUT2D eigenvalue weighted by Gasteiger charge is -2.29. The summed E-state index contributed by atoms with van der Waals surface area (Å²) < 4.78 is 55.4. The number of aromatic carboxylic acids is 1. The molecule has 0 aliphatic carbocycles. The van der Waals surface area contributed by atoms with Crippen LogP contribution in [0, 0.1) is 5.41 Å². The van der Waals surface area contributed by atoms with E-state index in [9.17, 15) is 18.0 Å². The van der Waals surface area contributed by atoms with Crippen molar-refractivity contribution in [3.8, 4) is 11.7 Å². The summed E-state index contributed by atoms with van der Waals surface area (Å²) in [5, 5.41) is 14.6. The summed E-state index contributed by atoms with van der Waals surface area (Å²) in [7, 11) is -1.96. The molecule has 0 saturated heterocycles. The average molecular weight is 561 g/mol. The summed E-state index contributed by atoms with van der Waals surface area (Å²) in [6.45, 7) is -0.313. The Morgan fingerprint density at radius 1 is 0.974 bits per heavy atom. The second-order valence-corrected chi connectivity index (χ2v) is 11.1. The normalized spacial score (nSPS) is 13.1. The maximum atomic E-state index is 14.2. The zero-order valence-corrected chi connectivity index (χ0v) is 21.8. The Bertz CT molecular complexity index is 1350. The highest BCUT2D eigenvalue weighted by molar-refractivity contribution is 6.80. The van der Waals surface area contributed by atoms with Gasteiger partial charge in [-0.3, -0.25) is 0 Å². The Labute approximate surface area is 223 Å². The molecule has 0 fully saturated rings. The fourth-order valence-electron chi connectivity index (χ4n) is 3.41. The Hall–Kier alpha value is -3.67. The lowest BCUT2D eigenvalue weighted by molar-refractivity contribution is -0.235. The highest BCUT2D eigenvalue weighted by atomic mass is 35.5. The standard InChI is InChI=1S/C26H21ClF3N3O4Si/c1-25(26(28,29)30,17-37-38(18-8-4-2-5-9-18)19-10-6-3-7-11-19)16-36-22-14-15-33(32-22)21-13-12-20(24(34)35)23(27)31-21/h2-15H,16-17H2,1H3/p+1. The van der Waals surface area contributed by atoms with Crippen molar-refractivity contribution < 1.29 is 32.2 Å². The molecule has 196 valence electrons. The van der Waals surface area contributed by atoms with E-state index in [1.54, 1.807) is 0 Å². The van der Waals surface area contributed by atoms with Crippen LogP contribution in [0.15, 0.2) is 85.1 Å². The number of halogens is 4. The molecular weight excluding hydrogens is 539 g/mol. The highest BCUT2D eigenvalue weighted by Gasteiger charge is 2.54. The van der Waals surface area contributed by atoms with Gasteiger partial charge in [0.1, 0.15) is 34.2 Å². The summed E-state index contributed by atoms with van der Waals surface area (Å²) in [5.74, 6) is -1.14. The first-order valence-electron chi connectivity index (χ1n) is 11.3. The molecule has 0 aliphatic heterocycles. The molecule has 2 aromatic heterocycles. The first kappa shape index (κ1) is 27.4. The van der Waals surface area contributed by atoms with Crippen LogP contribution in [0.3, 0.4) is 0 Å². The van der Waals surface area contributed by atoms with Gasteiger partial charge in [0.25, 0.3) is 0 Å². The van der Waals surface area contributed by atoms with E-state index in [1.807, 2.05) is 60.7 Å². The fraction of sp³-hybridized carbons (Fsp3) is 0.192. The zero-order valence-electron chi connectivity index (χ0n) is 20.0. The molecule has 2 aromatic carbocycles. The van der Waals surface area contributed by atoms with E-state index in [2.05, 4.69) is 10.1 Å². The van der Waals surface area contributed by atoms with E-state index in [0.29, 0.717) is 0 Å². The van der Waals surface area contributed by atoms with Crippen LogP contribution in [0.4, 0.5) is 13.2 Å². The largest absolute Gasteiger partial charge is 0.551 e. The van der Waals surface area contributed by atoms with Crippen molar-refractivity contribution in [2.24, 2.45) is 5.41 Å². The monoisotopic (exact) mass is 560 g/mol. The fourth-order valence-corrected chi connectivity index (χ4v) is 5.76. The molecule has 2 heterocycles. The van der Waals surface area contributed by atoms with Crippen LogP contribution in [-0.4, -0.2) is 54.3 Å². The van der Waals surface area contributed by atoms with E-state index >= 15 is 0 Å². The minimum Gasteiger partial charge on any atom is -0.478 e. The number of carboxylic acid groups (broad SMARTS) is 1. The van der Waals surface area contributed by atoms with Gasteiger partial charge in [0.15, 0.2) is 5.82 Å². The second kappa shape index (κ2) is 11.4. The van der Waals surface area contributed by atoms with Gasteiger partial charge in [0.05, 0.1) is 5.56 Å². The van der Waals surface area contributed by atoms with Crippen molar-refractivity contribution in [1.29, 1.82) is 0 Å². The van der Waals surface area contributed by atoms with Crippen LogP contribution in [0.25, 0.3) is 5.82 Å². The summed E-state index contributed by atoms with van der Waals surface area (Å²) in [6.07, 6.45) is -3.21. The Morgan fingerprint density at radius 2 is 1.58 bits per heavy atom. The van der Waals surface area contributed by atoms with Crippen molar-refractivity contribution in [3.05, 3.63) is 95.8 Å². The number of carboxylic acids is 1. The molecule has 4 rings (SSSR count). The van der Waals surface area contributed by atoms with Crippen molar-refractivity contribution in [1.82, 2.24) is 14.8 Å². The first-order valence-corrected chi connectivity index (χ1v) is 13.1. The Morgan fingerprint density at radius 3 is 2.11 bits per heavy atom. The average Bonchev–Trinajstić information content (AvgIpc) is 3.37. The van der Waals surface area contributed by atoms with E-state index in [-0.39, 0.29) is 22.4 Å². The molecule has 0 saturated carbocycles. The number of carbonyl (C=O) groups is 1. The van der Waals surface area contributed by atoms with Gasteiger partial charge in [-0.05, 0) is 43.3 Å². The first-order chi connectivity index (χ1) is 18.1. The van der Waals surface area contributed by atoms with Crippen molar-refractivity contribution in [2.45, 2.75) is 13.1 Å². The van der Waals surface area contributed by atoms with Crippen molar-refractivity contribution >= 4 is 37.0 Å². The van der Waals surface area contributed by atoms with Crippen LogP contribution in [0.5, 0.6) is 5.88 Å². The van der Waals surface area contributed by atoms with Gasteiger partial charge in [0.2, 0.25) is 5.88 Å². The quantitative estimate of drug-likeness (QED) is 0.229. The Kier molecular flexibility index (Phi) is 8.19. The van der Waals surface area contributed by atoms with Gasteiger partial charge in [-0.2, -0.15) is 13.2 Å². The molecule has 0 aliphatic rings.